The standard InChI is InChI=1S/C16H14F3N3O2S/c1-24-13-4-2-3-9(14(13)20)8-25(23)15-21-11-6-5-10(16(17,18)19)7-12(11)22-15/h2-7H,8,20H2,1H3,(H,21,22). The topological polar surface area (TPSA) is 81.0 Å². The lowest BCUT2D eigenvalue weighted by Crippen LogP contribution is -2.04. The first-order valence-electron chi connectivity index (χ1n) is 7.16. The van der Waals surface area contributed by atoms with Crippen LogP contribution in [0.5, 0.6) is 5.75 Å². The van der Waals surface area contributed by atoms with Crippen LogP contribution in [0, 0.1) is 0 Å². The molecule has 0 amide bonds. The number of nitrogens with zero attached hydrogens (tertiary/aromatic N) is 1. The molecule has 0 saturated heterocycles. The number of nitrogen functional groups attached to an aromatic ring is 1. The SMILES string of the molecule is COc1cccc(CS(=O)c2nc3ccc(C(F)(F)F)cc3[nH]2)c1N. The van der Waals surface area contributed by atoms with E-state index in [4.69, 9.17) is 10.5 Å². The number of anilines is 1. The van der Waals surface area contributed by atoms with Crippen molar-refractivity contribution < 1.29 is 22.1 Å². The van der Waals surface area contributed by atoms with Crippen molar-refractivity contribution in [2.24, 2.45) is 0 Å². The molecule has 2 aromatic carbocycles. The Kier molecular flexibility index (Phi) is 4.42. The number of nitrogens with two attached hydrogens (primary N) is 1. The summed E-state index contributed by atoms with van der Waals surface area (Å²) in [4.78, 5) is 6.80. The van der Waals surface area contributed by atoms with E-state index in [9.17, 15) is 17.4 Å². The van der Waals surface area contributed by atoms with Gasteiger partial charge >= 0.3 is 6.18 Å². The van der Waals surface area contributed by atoms with E-state index in [0.717, 1.165) is 12.1 Å². The van der Waals surface area contributed by atoms with E-state index >= 15 is 0 Å². The molecule has 3 rings (SSSR count). The summed E-state index contributed by atoms with van der Waals surface area (Å²) in [5.41, 5.74) is 6.62. The number of aromatic nitrogens is 2. The number of H-pyrrole nitrogens is 1. The number of halogens is 3. The Morgan fingerprint density at radius 1 is 1.28 bits per heavy atom. The first-order chi connectivity index (χ1) is 11.8. The molecular weight excluding hydrogens is 355 g/mol. The van der Waals surface area contributed by atoms with Gasteiger partial charge in [-0.15, -0.1) is 0 Å². The van der Waals surface area contributed by atoms with Crippen molar-refractivity contribution in [3.63, 3.8) is 0 Å². The third-order valence-electron chi connectivity index (χ3n) is 3.67. The van der Waals surface area contributed by atoms with Crippen LogP contribution < -0.4 is 10.5 Å². The number of ether oxygens (including phenoxy) is 1. The molecule has 25 heavy (non-hydrogen) atoms. The molecule has 0 aliphatic carbocycles. The molecular formula is C16H14F3N3O2S. The van der Waals surface area contributed by atoms with Crippen LogP contribution in [0.25, 0.3) is 11.0 Å². The van der Waals surface area contributed by atoms with Crippen molar-refractivity contribution in [2.75, 3.05) is 12.8 Å². The van der Waals surface area contributed by atoms with Gasteiger partial charge in [0.1, 0.15) is 5.75 Å². The number of alkyl halides is 3. The number of para-hydroxylation sites is 1. The summed E-state index contributed by atoms with van der Waals surface area (Å²) in [6.07, 6.45) is -4.45. The minimum atomic E-state index is -4.45. The average Bonchev–Trinajstić information content (AvgIpc) is 2.99. The molecule has 132 valence electrons. The number of rotatable bonds is 4. The Balaban J connectivity index is 1.90. The van der Waals surface area contributed by atoms with Crippen LogP contribution in [-0.2, 0) is 22.7 Å². The van der Waals surface area contributed by atoms with Crippen molar-refractivity contribution in [1.29, 1.82) is 0 Å². The van der Waals surface area contributed by atoms with Crippen LogP contribution in [0.1, 0.15) is 11.1 Å². The molecule has 1 aromatic heterocycles. The summed E-state index contributed by atoms with van der Waals surface area (Å²) in [7, 11) is -0.123. The monoisotopic (exact) mass is 369 g/mol. The molecule has 5 nitrogen and oxygen atoms in total. The lowest BCUT2D eigenvalue weighted by Gasteiger charge is -2.08. The zero-order chi connectivity index (χ0) is 18.2. The number of nitrogens with one attached hydrogen (secondary N) is 1. The summed E-state index contributed by atoms with van der Waals surface area (Å²) in [6.45, 7) is 0. The summed E-state index contributed by atoms with van der Waals surface area (Å²) >= 11 is 0. The second kappa shape index (κ2) is 6.40. The van der Waals surface area contributed by atoms with Crippen molar-refractivity contribution in [3.8, 4) is 5.75 Å². The highest BCUT2D eigenvalue weighted by atomic mass is 32.2. The normalized spacial score (nSPS) is 13.1. The van der Waals surface area contributed by atoms with E-state index in [1.165, 1.54) is 13.2 Å². The fraction of sp³-hybridized carbons (Fsp3) is 0.188. The predicted octanol–water partition coefficient (Wildman–Crippen LogP) is 3.48. The summed E-state index contributed by atoms with van der Waals surface area (Å²) in [6, 6.07) is 8.24. The van der Waals surface area contributed by atoms with Crippen LogP contribution in [0.2, 0.25) is 0 Å². The number of benzene rings is 2. The summed E-state index contributed by atoms with van der Waals surface area (Å²) < 4.78 is 55.9. The van der Waals surface area contributed by atoms with Gasteiger partial charge in [-0.25, -0.2) is 4.98 Å². The van der Waals surface area contributed by atoms with Gasteiger partial charge in [-0.05, 0) is 29.8 Å². The molecule has 1 atom stereocenters. The maximum Gasteiger partial charge on any atom is 0.416 e. The fourth-order valence-electron chi connectivity index (χ4n) is 2.37. The van der Waals surface area contributed by atoms with Crippen molar-refractivity contribution in [3.05, 3.63) is 47.5 Å². The zero-order valence-electron chi connectivity index (χ0n) is 13.1. The minimum Gasteiger partial charge on any atom is -0.495 e. The second-order valence-electron chi connectivity index (χ2n) is 5.29. The Bertz CT molecular complexity index is 953. The van der Waals surface area contributed by atoms with Gasteiger partial charge in [0, 0.05) is 0 Å². The van der Waals surface area contributed by atoms with Crippen LogP contribution in [0.15, 0.2) is 41.6 Å². The van der Waals surface area contributed by atoms with Gasteiger partial charge in [0.2, 0.25) is 0 Å². The molecule has 9 heteroatoms. The average molecular weight is 369 g/mol. The van der Waals surface area contributed by atoms with E-state index in [1.807, 2.05) is 0 Å². The van der Waals surface area contributed by atoms with Gasteiger partial charge < -0.3 is 15.5 Å². The van der Waals surface area contributed by atoms with Gasteiger partial charge in [0.05, 0.1) is 45.9 Å². The molecule has 0 bridgehead atoms. The third kappa shape index (κ3) is 3.46. The Labute approximate surface area is 143 Å². The van der Waals surface area contributed by atoms with E-state index in [1.54, 1.807) is 18.2 Å². The molecule has 0 spiro atoms. The molecule has 0 radical (unpaired) electrons. The van der Waals surface area contributed by atoms with E-state index in [2.05, 4.69) is 9.97 Å². The van der Waals surface area contributed by atoms with Crippen LogP contribution in [0.3, 0.4) is 0 Å². The molecule has 0 fully saturated rings. The van der Waals surface area contributed by atoms with Crippen molar-refractivity contribution in [1.82, 2.24) is 9.97 Å². The number of aromatic amines is 1. The Morgan fingerprint density at radius 2 is 2.04 bits per heavy atom. The third-order valence-corrected chi connectivity index (χ3v) is 4.86. The smallest absolute Gasteiger partial charge is 0.416 e. The van der Waals surface area contributed by atoms with Gasteiger partial charge in [-0.3, -0.25) is 4.21 Å². The van der Waals surface area contributed by atoms with Crippen LogP contribution in [0.4, 0.5) is 18.9 Å². The number of hydrogen-bond acceptors (Lipinski definition) is 4. The number of imidazole rings is 1. The highest BCUT2D eigenvalue weighted by molar-refractivity contribution is 7.84. The molecule has 1 unspecified atom stereocenters. The molecule has 3 aromatic rings. The molecule has 1 heterocycles. The number of hydrogen-bond donors (Lipinski definition) is 2. The van der Waals surface area contributed by atoms with Gasteiger partial charge in [0.25, 0.3) is 0 Å². The zero-order valence-corrected chi connectivity index (χ0v) is 13.9. The Hall–Kier alpha value is -2.55. The van der Waals surface area contributed by atoms with Gasteiger partial charge in [-0.2, -0.15) is 13.2 Å². The summed E-state index contributed by atoms with van der Waals surface area (Å²) in [5, 5.41) is 0.0940. The summed E-state index contributed by atoms with van der Waals surface area (Å²) in [5.74, 6) is 0.531. The first-order valence-corrected chi connectivity index (χ1v) is 8.48. The van der Waals surface area contributed by atoms with Crippen LogP contribution >= 0.6 is 0 Å². The predicted molar refractivity (Wildman–Crippen MR) is 88.6 cm³/mol. The van der Waals surface area contributed by atoms with Crippen LogP contribution in [-0.4, -0.2) is 21.3 Å². The molecule has 0 saturated carbocycles. The largest absolute Gasteiger partial charge is 0.495 e. The second-order valence-corrected chi connectivity index (χ2v) is 6.66. The van der Waals surface area contributed by atoms with Gasteiger partial charge in [-0.1, -0.05) is 12.1 Å². The molecule has 0 aliphatic rings. The van der Waals surface area contributed by atoms with E-state index in [-0.39, 0.29) is 16.4 Å². The first kappa shape index (κ1) is 17.3. The number of methoxy groups -OCH3 is 1. The lowest BCUT2D eigenvalue weighted by atomic mass is 10.2. The minimum absolute atomic E-state index is 0.0645. The molecule has 0 aliphatic heterocycles. The highest BCUT2D eigenvalue weighted by Gasteiger charge is 2.30. The Morgan fingerprint density at radius 3 is 2.72 bits per heavy atom. The van der Waals surface area contributed by atoms with Crippen molar-refractivity contribution >= 4 is 27.5 Å². The maximum absolute atomic E-state index is 12.8. The number of fused-ring (bicyclic) bond motifs is 1. The maximum atomic E-state index is 12.8. The van der Waals surface area contributed by atoms with E-state index in [0.29, 0.717) is 22.5 Å². The molecule has 3 N–H and O–H groups in total. The van der Waals surface area contributed by atoms with Gasteiger partial charge in [0.15, 0.2) is 5.16 Å². The quantitative estimate of drug-likeness (QED) is 0.690. The van der Waals surface area contributed by atoms with E-state index < -0.39 is 22.5 Å². The fourth-order valence-corrected chi connectivity index (χ4v) is 3.47. The van der Waals surface area contributed by atoms with Crippen molar-refractivity contribution in [2.45, 2.75) is 17.1 Å². The highest BCUT2D eigenvalue weighted by Crippen LogP contribution is 2.31. The lowest BCUT2D eigenvalue weighted by molar-refractivity contribution is -0.137.